The minimum Gasteiger partial charge on any atom is -0.479 e. The second-order valence-corrected chi connectivity index (χ2v) is 6.05. The second-order valence-electron chi connectivity index (χ2n) is 6.05. The molecule has 6 nitrogen and oxygen atoms in total. The number of imidazole rings is 1. The van der Waals surface area contributed by atoms with Gasteiger partial charge >= 0.3 is 12.1 Å². The van der Waals surface area contributed by atoms with Gasteiger partial charge in [0.25, 0.3) is 0 Å². The summed E-state index contributed by atoms with van der Waals surface area (Å²) in [6.45, 7) is 2.31. The fraction of sp³-hybridized carbons (Fsp3) is 0.438. The summed E-state index contributed by atoms with van der Waals surface area (Å²) in [6, 6.07) is 3.74. The quantitative estimate of drug-likeness (QED) is 0.918. The molecule has 0 amide bonds. The van der Waals surface area contributed by atoms with Gasteiger partial charge in [0.05, 0.1) is 0 Å². The number of aromatic nitrogens is 3. The number of halogens is 3. The molecule has 0 aromatic carbocycles. The molecule has 0 aliphatic carbocycles. The summed E-state index contributed by atoms with van der Waals surface area (Å²) in [5.41, 5.74) is -2.09. The van der Waals surface area contributed by atoms with E-state index in [0.29, 0.717) is 5.82 Å². The number of carboxylic acid groups (broad SMARTS) is 1. The van der Waals surface area contributed by atoms with Crippen LogP contribution in [0, 0.1) is 6.92 Å². The molecule has 1 fully saturated rings. The van der Waals surface area contributed by atoms with Crippen molar-refractivity contribution < 1.29 is 23.1 Å². The van der Waals surface area contributed by atoms with Crippen LogP contribution in [0.2, 0.25) is 0 Å². The highest BCUT2D eigenvalue weighted by atomic mass is 19.4. The molecule has 0 bridgehead atoms. The van der Waals surface area contributed by atoms with Crippen molar-refractivity contribution in [2.45, 2.75) is 31.5 Å². The van der Waals surface area contributed by atoms with Gasteiger partial charge in [-0.15, -0.1) is 0 Å². The molecule has 0 saturated carbocycles. The summed E-state index contributed by atoms with van der Waals surface area (Å²) in [7, 11) is 0. The number of rotatable bonds is 3. The van der Waals surface area contributed by atoms with E-state index in [1.807, 2.05) is 0 Å². The predicted octanol–water partition coefficient (Wildman–Crippen LogP) is 2.69. The maximum atomic E-state index is 12.8. The van der Waals surface area contributed by atoms with Gasteiger partial charge in [-0.1, -0.05) is 6.07 Å². The van der Waals surface area contributed by atoms with E-state index < -0.39 is 23.4 Å². The first-order chi connectivity index (χ1) is 11.7. The third-order valence-corrected chi connectivity index (χ3v) is 4.62. The van der Waals surface area contributed by atoms with Crippen LogP contribution in [0.25, 0.3) is 0 Å². The molecule has 1 saturated heterocycles. The summed E-state index contributed by atoms with van der Waals surface area (Å²) in [5.74, 6) is -0.172. The Morgan fingerprint density at radius 1 is 1.28 bits per heavy atom. The Morgan fingerprint density at radius 3 is 2.48 bits per heavy atom. The fourth-order valence-electron chi connectivity index (χ4n) is 3.25. The van der Waals surface area contributed by atoms with Gasteiger partial charge in [0.1, 0.15) is 22.9 Å². The number of alkyl halides is 3. The highest BCUT2D eigenvalue weighted by Crippen LogP contribution is 2.34. The monoisotopic (exact) mass is 354 g/mol. The summed E-state index contributed by atoms with van der Waals surface area (Å²) < 4.78 is 40.1. The van der Waals surface area contributed by atoms with E-state index in [4.69, 9.17) is 0 Å². The van der Waals surface area contributed by atoms with Crippen molar-refractivity contribution in [2.24, 2.45) is 0 Å². The van der Waals surface area contributed by atoms with Crippen LogP contribution < -0.4 is 4.90 Å². The van der Waals surface area contributed by atoms with E-state index in [1.165, 1.54) is 12.1 Å². The molecule has 0 unspecified atom stereocenters. The van der Waals surface area contributed by atoms with Crippen molar-refractivity contribution in [1.29, 1.82) is 0 Å². The van der Waals surface area contributed by atoms with Crippen LogP contribution in [0.3, 0.4) is 0 Å². The molecule has 0 atom stereocenters. The Kier molecular flexibility index (Phi) is 4.18. The van der Waals surface area contributed by atoms with E-state index in [0.717, 1.165) is 6.07 Å². The zero-order chi connectivity index (χ0) is 18.2. The molecular formula is C16H17F3N4O2. The number of hydrogen-bond donors (Lipinski definition) is 1. The van der Waals surface area contributed by atoms with Crippen molar-refractivity contribution in [3.63, 3.8) is 0 Å². The predicted molar refractivity (Wildman–Crippen MR) is 83.3 cm³/mol. The van der Waals surface area contributed by atoms with E-state index in [-0.39, 0.29) is 31.7 Å². The Hall–Kier alpha value is -2.58. The molecule has 3 heterocycles. The van der Waals surface area contributed by atoms with Crippen LogP contribution in [0.4, 0.5) is 19.0 Å². The van der Waals surface area contributed by atoms with Crippen LogP contribution in [0.5, 0.6) is 0 Å². The Balaban J connectivity index is 1.84. The van der Waals surface area contributed by atoms with Gasteiger partial charge in [0, 0.05) is 25.5 Å². The van der Waals surface area contributed by atoms with Gasteiger partial charge in [-0.25, -0.2) is 14.8 Å². The largest absolute Gasteiger partial charge is 0.479 e. The number of pyridine rings is 1. The standard InChI is InChI=1S/C16H17F3N4O2/c1-11-20-7-10-23(11)15(14(24)25)5-8-22(9-6-15)13-4-2-3-12(21-13)16(17,18)19/h2-4,7,10H,5-6,8-9H2,1H3,(H,24,25). The lowest BCUT2D eigenvalue weighted by atomic mass is 9.87. The van der Waals surface area contributed by atoms with Crippen LogP contribution in [0.15, 0.2) is 30.6 Å². The maximum Gasteiger partial charge on any atom is 0.433 e. The molecule has 0 spiro atoms. The number of anilines is 1. The molecule has 2 aromatic heterocycles. The van der Waals surface area contributed by atoms with Crippen molar-refractivity contribution in [2.75, 3.05) is 18.0 Å². The number of aryl methyl sites for hydroxylation is 1. The van der Waals surface area contributed by atoms with Crippen molar-refractivity contribution in [3.05, 3.63) is 42.1 Å². The van der Waals surface area contributed by atoms with Gasteiger partial charge in [0.15, 0.2) is 0 Å². The normalized spacial score (nSPS) is 17.5. The van der Waals surface area contributed by atoms with Crippen LogP contribution in [0.1, 0.15) is 24.4 Å². The highest BCUT2D eigenvalue weighted by molar-refractivity contribution is 5.77. The summed E-state index contributed by atoms with van der Waals surface area (Å²) in [4.78, 5) is 21.4. The first-order valence-electron chi connectivity index (χ1n) is 7.77. The molecule has 134 valence electrons. The minimum absolute atomic E-state index is 0.205. The van der Waals surface area contributed by atoms with Gasteiger partial charge in [-0.05, 0) is 31.9 Å². The van der Waals surface area contributed by atoms with Crippen LogP contribution in [-0.4, -0.2) is 38.7 Å². The zero-order valence-corrected chi connectivity index (χ0v) is 13.5. The van der Waals surface area contributed by atoms with Crippen molar-refractivity contribution in [3.8, 4) is 0 Å². The van der Waals surface area contributed by atoms with Crippen LogP contribution in [-0.2, 0) is 16.5 Å². The molecule has 0 radical (unpaired) electrons. The Bertz CT molecular complexity index is 780. The van der Waals surface area contributed by atoms with Gasteiger partial charge in [-0.2, -0.15) is 13.2 Å². The fourth-order valence-corrected chi connectivity index (χ4v) is 3.25. The highest BCUT2D eigenvalue weighted by Gasteiger charge is 2.44. The molecule has 1 N–H and O–H groups in total. The number of aliphatic carboxylic acids is 1. The number of hydrogen-bond acceptors (Lipinski definition) is 4. The van der Waals surface area contributed by atoms with Crippen molar-refractivity contribution in [1.82, 2.24) is 14.5 Å². The number of carbonyl (C=O) groups is 1. The molecule has 1 aliphatic heterocycles. The average Bonchev–Trinajstić information content (AvgIpc) is 3.00. The lowest BCUT2D eigenvalue weighted by Crippen LogP contribution is -2.51. The average molecular weight is 354 g/mol. The van der Waals surface area contributed by atoms with Gasteiger partial charge in [0.2, 0.25) is 0 Å². The van der Waals surface area contributed by atoms with Crippen LogP contribution >= 0.6 is 0 Å². The smallest absolute Gasteiger partial charge is 0.433 e. The molecule has 9 heteroatoms. The van der Waals surface area contributed by atoms with E-state index in [9.17, 15) is 23.1 Å². The Labute approximate surface area is 141 Å². The molecular weight excluding hydrogens is 337 g/mol. The van der Waals surface area contributed by atoms with E-state index >= 15 is 0 Å². The topological polar surface area (TPSA) is 71.2 Å². The summed E-state index contributed by atoms with van der Waals surface area (Å²) >= 11 is 0. The van der Waals surface area contributed by atoms with E-state index in [2.05, 4.69) is 9.97 Å². The van der Waals surface area contributed by atoms with E-state index in [1.54, 1.807) is 28.8 Å². The Morgan fingerprint density at radius 2 is 1.96 bits per heavy atom. The molecule has 25 heavy (non-hydrogen) atoms. The second kappa shape index (κ2) is 6.05. The SMILES string of the molecule is Cc1nccn1C1(C(=O)O)CCN(c2cccc(C(F)(F)F)n2)CC1. The summed E-state index contributed by atoms with van der Waals surface area (Å²) in [5, 5.41) is 9.76. The first-order valence-corrected chi connectivity index (χ1v) is 7.77. The number of piperidine rings is 1. The molecule has 2 aromatic rings. The zero-order valence-electron chi connectivity index (χ0n) is 13.5. The third-order valence-electron chi connectivity index (χ3n) is 4.62. The lowest BCUT2D eigenvalue weighted by Gasteiger charge is -2.40. The first kappa shape index (κ1) is 17.2. The van der Waals surface area contributed by atoms with Gasteiger partial charge < -0.3 is 14.6 Å². The third kappa shape index (κ3) is 3.06. The van der Waals surface area contributed by atoms with Crippen molar-refractivity contribution >= 4 is 11.8 Å². The molecule has 1 aliphatic rings. The minimum atomic E-state index is -4.51. The number of nitrogens with zero attached hydrogens (tertiary/aromatic N) is 4. The molecule has 3 rings (SSSR count). The lowest BCUT2D eigenvalue weighted by molar-refractivity contribution is -0.149. The number of carboxylic acids is 1. The van der Waals surface area contributed by atoms with Gasteiger partial charge in [-0.3, -0.25) is 0 Å². The summed E-state index contributed by atoms with van der Waals surface area (Å²) in [6.07, 6.45) is -0.845. The maximum absolute atomic E-state index is 12.8.